The van der Waals surface area contributed by atoms with Crippen LogP contribution in [0.5, 0.6) is 11.5 Å². The summed E-state index contributed by atoms with van der Waals surface area (Å²) in [4.78, 5) is 34.5. The van der Waals surface area contributed by atoms with Crippen LogP contribution < -0.4 is 14.2 Å². The molecule has 1 N–H and O–H groups in total. The lowest BCUT2D eigenvalue weighted by Crippen LogP contribution is -2.14. The number of carbonyl (C=O) groups excluding carboxylic acids is 2. The zero-order valence-electron chi connectivity index (χ0n) is 21.6. The van der Waals surface area contributed by atoms with E-state index in [0.717, 1.165) is 24.3 Å². The van der Waals surface area contributed by atoms with Gasteiger partial charge < -0.3 is 19.0 Å². The summed E-state index contributed by atoms with van der Waals surface area (Å²) in [5.74, 6) is -1.45. The van der Waals surface area contributed by atoms with Gasteiger partial charge in [-0.3, -0.25) is 14.9 Å². The first kappa shape index (κ1) is 30.8. The van der Waals surface area contributed by atoms with Crippen molar-refractivity contribution >= 4 is 55.4 Å². The van der Waals surface area contributed by atoms with Crippen LogP contribution in [0.1, 0.15) is 29.8 Å². The van der Waals surface area contributed by atoms with Gasteiger partial charge in [-0.2, -0.15) is 13.7 Å². The summed E-state index contributed by atoms with van der Waals surface area (Å²) in [6, 6.07) is 14.7. The van der Waals surface area contributed by atoms with Gasteiger partial charge in [-0.25, -0.2) is 4.79 Å². The highest BCUT2D eigenvalue weighted by atomic mass is 79.9. The van der Waals surface area contributed by atoms with E-state index >= 15 is 0 Å². The van der Waals surface area contributed by atoms with E-state index in [1.54, 1.807) is 13.8 Å². The fourth-order valence-corrected chi connectivity index (χ4v) is 4.93. The second kappa shape index (κ2) is 13.6. The van der Waals surface area contributed by atoms with Crippen molar-refractivity contribution in [1.29, 1.82) is 5.26 Å². The van der Waals surface area contributed by atoms with Crippen LogP contribution in [0.2, 0.25) is 0 Å². The molecule has 3 rings (SSSR count). The van der Waals surface area contributed by atoms with Crippen LogP contribution in [0.4, 0.5) is 11.4 Å². The molecule has 0 saturated carbocycles. The van der Waals surface area contributed by atoms with Gasteiger partial charge in [0, 0.05) is 17.8 Å². The third-order valence-corrected chi connectivity index (χ3v) is 7.02. The second-order valence-electron chi connectivity index (χ2n) is 7.97. The van der Waals surface area contributed by atoms with Crippen molar-refractivity contribution in [3.05, 3.63) is 92.0 Å². The van der Waals surface area contributed by atoms with Crippen LogP contribution in [-0.4, -0.2) is 38.4 Å². The van der Waals surface area contributed by atoms with Crippen LogP contribution in [0.3, 0.4) is 0 Å². The summed E-state index contributed by atoms with van der Waals surface area (Å²) in [7, 11) is -4.41. The van der Waals surface area contributed by atoms with Gasteiger partial charge in [0.1, 0.15) is 16.5 Å². The number of hydrogen-bond acceptors (Lipinski definition) is 10. The number of benzene rings is 3. The number of rotatable bonds is 11. The molecule has 0 aliphatic rings. The number of nitro groups is 1. The monoisotopic (exact) mass is 643 g/mol. The lowest BCUT2D eigenvalue weighted by Gasteiger charge is -2.14. The fraction of sp³-hybridized carbons (Fsp3) is 0.148. The first-order chi connectivity index (χ1) is 19.5. The zero-order valence-corrected chi connectivity index (χ0v) is 24.0. The standard InChI is InChI=1S/C27H22BrN3O9S/c1-3-38-24-15-17(13-19(16-29)26(32)30-20-7-5-18(6-8-20)27(33)39-4-2)14-23(28)25(24)40-41(36,37)22-11-9-21(10-12-22)31(34)35/h5-15H,3-4H2,1-2H3,(H,30,32)/b19-13+. The average Bonchev–Trinajstić information content (AvgIpc) is 2.94. The van der Waals surface area contributed by atoms with Gasteiger partial charge in [0.05, 0.1) is 28.2 Å². The van der Waals surface area contributed by atoms with Gasteiger partial charge in [0.2, 0.25) is 0 Å². The van der Waals surface area contributed by atoms with E-state index in [-0.39, 0.29) is 45.3 Å². The molecule has 0 saturated heterocycles. The van der Waals surface area contributed by atoms with Crippen LogP contribution in [0.15, 0.2) is 75.6 Å². The van der Waals surface area contributed by atoms with Crippen LogP contribution >= 0.6 is 15.9 Å². The van der Waals surface area contributed by atoms with Gasteiger partial charge in [-0.1, -0.05) is 0 Å². The lowest BCUT2D eigenvalue weighted by molar-refractivity contribution is -0.384. The molecule has 0 bridgehead atoms. The minimum atomic E-state index is -4.41. The van der Waals surface area contributed by atoms with Gasteiger partial charge in [0.15, 0.2) is 11.5 Å². The van der Waals surface area contributed by atoms with E-state index in [4.69, 9.17) is 13.7 Å². The van der Waals surface area contributed by atoms with Crippen molar-refractivity contribution in [3.63, 3.8) is 0 Å². The predicted molar refractivity (Wildman–Crippen MR) is 151 cm³/mol. The maximum absolute atomic E-state index is 12.9. The molecule has 0 aromatic heterocycles. The van der Waals surface area contributed by atoms with E-state index in [0.29, 0.717) is 16.8 Å². The van der Waals surface area contributed by atoms with E-state index in [2.05, 4.69) is 21.2 Å². The van der Waals surface area contributed by atoms with Crippen molar-refractivity contribution in [1.82, 2.24) is 0 Å². The molecule has 0 spiro atoms. The maximum atomic E-state index is 12.9. The van der Waals surface area contributed by atoms with Crippen molar-refractivity contribution in [2.75, 3.05) is 18.5 Å². The Balaban J connectivity index is 1.87. The number of anilines is 1. The van der Waals surface area contributed by atoms with Crippen LogP contribution in [0, 0.1) is 21.4 Å². The smallest absolute Gasteiger partial charge is 0.339 e. The van der Waals surface area contributed by atoms with Gasteiger partial charge in [0.25, 0.3) is 11.6 Å². The molecule has 3 aromatic carbocycles. The molecule has 1 amide bonds. The summed E-state index contributed by atoms with van der Waals surface area (Å²) < 4.78 is 41.6. The summed E-state index contributed by atoms with van der Waals surface area (Å²) in [6.07, 6.45) is 1.27. The molecule has 0 aliphatic carbocycles. The molecule has 41 heavy (non-hydrogen) atoms. The number of hydrogen-bond donors (Lipinski definition) is 1. The third kappa shape index (κ3) is 7.90. The Labute approximate surface area is 243 Å². The van der Waals surface area contributed by atoms with Crippen molar-refractivity contribution in [2.45, 2.75) is 18.7 Å². The topological polar surface area (TPSA) is 175 Å². The molecular weight excluding hydrogens is 622 g/mol. The number of amides is 1. The summed E-state index contributed by atoms with van der Waals surface area (Å²) in [5, 5.41) is 23.0. The zero-order chi connectivity index (χ0) is 30.2. The molecule has 0 fully saturated rings. The maximum Gasteiger partial charge on any atom is 0.339 e. The highest BCUT2D eigenvalue weighted by Crippen LogP contribution is 2.39. The number of halogens is 1. The van der Waals surface area contributed by atoms with E-state index in [1.165, 1.54) is 42.5 Å². The Hall–Kier alpha value is -4.74. The normalized spacial score (nSPS) is 11.2. The van der Waals surface area contributed by atoms with Crippen LogP contribution in [0.25, 0.3) is 6.08 Å². The van der Waals surface area contributed by atoms with Crippen LogP contribution in [-0.2, 0) is 19.6 Å². The number of nitro benzene ring substituents is 1. The highest BCUT2D eigenvalue weighted by Gasteiger charge is 2.23. The Morgan fingerprint density at radius 1 is 1.07 bits per heavy atom. The molecule has 0 radical (unpaired) electrons. The van der Waals surface area contributed by atoms with Crippen molar-refractivity contribution in [3.8, 4) is 17.6 Å². The summed E-state index contributed by atoms with van der Waals surface area (Å²) in [6.45, 7) is 3.69. The van der Waals surface area contributed by atoms with Gasteiger partial charge in [-0.05, 0) is 89.9 Å². The molecule has 0 aliphatic heterocycles. The number of esters is 1. The molecule has 0 heterocycles. The minimum Gasteiger partial charge on any atom is -0.490 e. The summed E-state index contributed by atoms with van der Waals surface area (Å²) >= 11 is 3.25. The minimum absolute atomic E-state index is 0.00846. The molecule has 14 heteroatoms. The number of nitrogens with zero attached hydrogens (tertiary/aromatic N) is 2. The number of non-ortho nitro benzene ring substituents is 1. The molecular formula is C27H22BrN3O9S. The molecule has 3 aromatic rings. The lowest BCUT2D eigenvalue weighted by atomic mass is 10.1. The van der Waals surface area contributed by atoms with Crippen molar-refractivity contribution < 1.29 is 36.6 Å². The van der Waals surface area contributed by atoms with Crippen molar-refractivity contribution in [2.24, 2.45) is 0 Å². The van der Waals surface area contributed by atoms with Gasteiger partial charge >= 0.3 is 16.1 Å². The third-order valence-electron chi connectivity index (χ3n) is 5.19. The number of carbonyl (C=O) groups is 2. The summed E-state index contributed by atoms with van der Waals surface area (Å²) in [5.41, 5.74) is 0.376. The number of ether oxygens (including phenoxy) is 2. The Kier molecular flexibility index (Phi) is 10.2. The Morgan fingerprint density at radius 3 is 2.29 bits per heavy atom. The largest absolute Gasteiger partial charge is 0.490 e. The first-order valence-electron chi connectivity index (χ1n) is 11.8. The highest BCUT2D eigenvalue weighted by molar-refractivity contribution is 9.10. The molecule has 212 valence electrons. The van der Waals surface area contributed by atoms with E-state index < -0.39 is 26.9 Å². The molecule has 0 unspecified atom stereocenters. The number of nitriles is 1. The first-order valence-corrected chi connectivity index (χ1v) is 14.0. The van der Waals surface area contributed by atoms with Gasteiger partial charge in [-0.15, -0.1) is 0 Å². The van der Waals surface area contributed by atoms with E-state index in [9.17, 15) is 33.4 Å². The van der Waals surface area contributed by atoms with E-state index in [1.807, 2.05) is 6.07 Å². The molecule has 12 nitrogen and oxygen atoms in total. The Morgan fingerprint density at radius 2 is 1.73 bits per heavy atom. The SMILES string of the molecule is CCOC(=O)c1ccc(NC(=O)/C(C#N)=C/c2cc(Br)c(OS(=O)(=O)c3ccc([N+](=O)[O-])cc3)c(OCC)c2)cc1. The predicted octanol–water partition coefficient (Wildman–Crippen LogP) is 5.25. The Bertz CT molecular complexity index is 1650. The number of nitrogens with one attached hydrogen (secondary N) is 1. The second-order valence-corrected chi connectivity index (χ2v) is 10.4. The molecule has 0 atom stereocenters. The average molecular weight is 644 g/mol. The quantitative estimate of drug-likeness (QED) is 0.0725. The fourth-order valence-electron chi connectivity index (χ4n) is 3.33.